The van der Waals surface area contributed by atoms with Crippen molar-refractivity contribution in [2.24, 2.45) is 0 Å². The third-order valence-electron chi connectivity index (χ3n) is 6.17. The number of benzene rings is 1. The SMILES string of the molecule is Cc1cc(-c2ccc(CNc3ncnc4cc(N5CCN(S(C)(=O)=O)CC5)ccc34)cn2)ccn1. The van der Waals surface area contributed by atoms with Crippen LogP contribution in [0.15, 0.2) is 61.2 Å². The van der Waals surface area contributed by atoms with Gasteiger partial charge in [0.2, 0.25) is 10.0 Å². The molecule has 0 spiro atoms. The molecule has 1 N–H and O–H groups in total. The van der Waals surface area contributed by atoms with E-state index >= 15 is 0 Å². The van der Waals surface area contributed by atoms with Crippen molar-refractivity contribution >= 4 is 32.4 Å². The van der Waals surface area contributed by atoms with Crippen LogP contribution < -0.4 is 10.2 Å². The fourth-order valence-corrected chi connectivity index (χ4v) is 5.08. The lowest BCUT2D eigenvalue weighted by Gasteiger charge is -2.34. The zero-order valence-electron chi connectivity index (χ0n) is 19.7. The van der Waals surface area contributed by atoms with Crippen LogP contribution in [0.4, 0.5) is 11.5 Å². The Hall–Kier alpha value is -3.63. The molecule has 0 saturated carbocycles. The van der Waals surface area contributed by atoms with Gasteiger partial charge in [0.1, 0.15) is 12.1 Å². The first-order valence-corrected chi connectivity index (χ1v) is 13.3. The van der Waals surface area contributed by atoms with Crippen molar-refractivity contribution in [1.29, 1.82) is 0 Å². The van der Waals surface area contributed by atoms with E-state index in [9.17, 15) is 8.42 Å². The topological polar surface area (TPSA) is 104 Å². The van der Waals surface area contributed by atoms with Gasteiger partial charge in [-0.15, -0.1) is 0 Å². The Morgan fingerprint density at radius 3 is 2.49 bits per heavy atom. The van der Waals surface area contributed by atoms with E-state index in [-0.39, 0.29) is 0 Å². The van der Waals surface area contributed by atoms with E-state index in [1.54, 1.807) is 12.5 Å². The molecule has 10 heteroatoms. The van der Waals surface area contributed by atoms with Gasteiger partial charge >= 0.3 is 0 Å². The Morgan fingerprint density at radius 1 is 0.943 bits per heavy atom. The highest BCUT2D eigenvalue weighted by Gasteiger charge is 2.23. The van der Waals surface area contributed by atoms with Gasteiger partial charge in [0.15, 0.2) is 0 Å². The number of hydrogen-bond donors (Lipinski definition) is 1. The number of nitrogens with one attached hydrogen (secondary N) is 1. The molecule has 1 aromatic carbocycles. The first-order chi connectivity index (χ1) is 16.9. The Labute approximate surface area is 204 Å². The molecule has 4 heterocycles. The van der Waals surface area contributed by atoms with Gasteiger partial charge in [0.05, 0.1) is 17.5 Å². The van der Waals surface area contributed by atoms with Crippen molar-refractivity contribution in [3.8, 4) is 11.3 Å². The number of piperazine rings is 1. The molecule has 0 amide bonds. The van der Waals surface area contributed by atoms with Crippen LogP contribution in [0.3, 0.4) is 0 Å². The highest BCUT2D eigenvalue weighted by atomic mass is 32.2. The van der Waals surface area contributed by atoms with Crippen LogP contribution in [0.2, 0.25) is 0 Å². The molecule has 9 nitrogen and oxygen atoms in total. The number of sulfonamides is 1. The predicted octanol–water partition coefficient (Wildman–Crippen LogP) is 3.09. The molecular weight excluding hydrogens is 462 g/mol. The molecule has 0 aliphatic carbocycles. The molecule has 0 unspecified atom stereocenters. The molecule has 180 valence electrons. The number of rotatable bonds is 6. The molecule has 3 aromatic heterocycles. The number of nitrogens with zero attached hydrogens (tertiary/aromatic N) is 6. The predicted molar refractivity (Wildman–Crippen MR) is 138 cm³/mol. The number of fused-ring (bicyclic) bond motifs is 1. The third-order valence-corrected chi connectivity index (χ3v) is 7.47. The summed E-state index contributed by atoms with van der Waals surface area (Å²) in [6, 6.07) is 14.1. The van der Waals surface area contributed by atoms with Gasteiger partial charge in [-0.05, 0) is 48.9 Å². The highest BCUT2D eigenvalue weighted by Crippen LogP contribution is 2.26. The van der Waals surface area contributed by atoms with E-state index in [0.717, 1.165) is 44.9 Å². The Morgan fingerprint density at radius 2 is 1.77 bits per heavy atom. The molecular formula is C25H27N7O2S. The lowest BCUT2D eigenvalue weighted by molar-refractivity contribution is 0.388. The number of hydrogen-bond acceptors (Lipinski definition) is 8. The largest absolute Gasteiger partial charge is 0.369 e. The van der Waals surface area contributed by atoms with E-state index in [1.807, 2.05) is 49.5 Å². The minimum absolute atomic E-state index is 0.487. The second-order valence-corrected chi connectivity index (χ2v) is 10.6. The van der Waals surface area contributed by atoms with Gasteiger partial charge in [0.25, 0.3) is 0 Å². The second kappa shape index (κ2) is 9.55. The van der Waals surface area contributed by atoms with Crippen LogP contribution in [0.1, 0.15) is 11.3 Å². The standard InChI is InChI=1S/C25H27N7O2S/c1-18-13-20(7-8-26-18)23-6-3-19(15-27-23)16-28-25-22-5-4-21(14-24(22)29-17-30-25)31-9-11-32(12-10-31)35(2,33)34/h3-8,13-15,17H,9-12,16H2,1-2H3,(H,28,29,30). The quantitative estimate of drug-likeness (QED) is 0.441. The molecule has 0 atom stereocenters. The second-order valence-electron chi connectivity index (χ2n) is 8.66. The van der Waals surface area contributed by atoms with Crippen LogP contribution in [0, 0.1) is 6.92 Å². The van der Waals surface area contributed by atoms with Crippen molar-refractivity contribution in [2.75, 3.05) is 42.7 Å². The van der Waals surface area contributed by atoms with Gasteiger partial charge in [-0.1, -0.05) is 6.07 Å². The summed E-state index contributed by atoms with van der Waals surface area (Å²) in [5.74, 6) is 0.761. The van der Waals surface area contributed by atoms with Gasteiger partial charge < -0.3 is 10.2 Å². The number of anilines is 2. The summed E-state index contributed by atoms with van der Waals surface area (Å²) >= 11 is 0. The smallest absolute Gasteiger partial charge is 0.211 e. The molecule has 0 radical (unpaired) electrons. The normalized spacial score (nSPS) is 14.9. The third kappa shape index (κ3) is 5.23. The van der Waals surface area contributed by atoms with Crippen LogP contribution in [-0.4, -0.2) is 65.1 Å². The van der Waals surface area contributed by atoms with Gasteiger partial charge in [-0.25, -0.2) is 18.4 Å². The van der Waals surface area contributed by atoms with Gasteiger partial charge in [-0.3, -0.25) is 9.97 Å². The van der Waals surface area contributed by atoms with E-state index in [4.69, 9.17) is 0 Å². The van der Waals surface area contributed by atoms with E-state index in [2.05, 4.69) is 36.2 Å². The van der Waals surface area contributed by atoms with Crippen molar-refractivity contribution in [3.05, 3.63) is 72.4 Å². The van der Waals surface area contributed by atoms with Crippen LogP contribution >= 0.6 is 0 Å². The molecule has 1 aliphatic heterocycles. The number of aromatic nitrogens is 4. The van der Waals surface area contributed by atoms with Gasteiger partial charge in [0, 0.05) is 67.4 Å². The number of aryl methyl sites for hydroxylation is 1. The average molecular weight is 490 g/mol. The van der Waals surface area contributed by atoms with Crippen LogP contribution in [-0.2, 0) is 16.6 Å². The first-order valence-electron chi connectivity index (χ1n) is 11.4. The maximum absolute atomic E-state index is 11.8. The number of pyridine rings is 2. The van der Waals surface area contributed by atoms with Crippen LogP contribution in [0.5, 0.6) is 0 Å². The summed E-state index contributed by atoms with van der Waals surface area (Å²) in [6.07, 6.45) is 6.48. The molecule has 35 heavy (non-hydrogen) atoms. The maximum atomic E-state index is 11.8. The summed E-state index contributed by atoms with van der Waals surface area (Å²) in [5.41, 5.74) is 5.84. The maximum Gasteiger partial charge on any atom is 0.211 e. The average Bonchev–Trinajstić information content (AvgIpc) is 2.87. The van der Waals surface area contributed by atoms with Gasteiger partial charge in [-0.2, -0.15) is 4.31 Å². The minimum Gasteiger partial charge on any atom is -0.369 e. The van der Waals surface area contributed by atoms with E-state index in [1.165, 1.54) is 10.6 Å². The Kier molecular flexibility index (Phi) is 6.31. The zero-order valence-corrected chi connectivity index (χ0v) is 20.5. The summed E-state index contributed by atoms with van der Waals surface area (Å²) in [5, 5.41) is 4.34. The molecule has 4 aromatic rings. The highest BCUT2D eigenvalue weighted by molar-refractivity contribution is 7.88. The monoisotopic (exact) mass is 489 g/mol. The lowest BCUT2D eigenvalue weighted by atomic mass is 10.1. The molecule has 1 saturated heterocycles. The van der Waals surface area contributed by atoms with Crippen molar-refractivity contribution in [3.63, 3.8) is 0 Å². The molecule has 1 aliphatic rings. The summed E-state index contributed by atoms with van der Waals surface area (Å²) in [7, 11) is -3.15. The van der Waals surface area contributed by atoms with E-state index < -0.39 is 10.0 Å². The zero-order chi connectivity index (χ0) is 24.4. The van der Waals surface area contributed by atoms with Crippen molar-refractivity contribution in [1.82, 2.24) is 24.2 Å². The van der Waals surface area contributed by atoms with Crippen molar-refractivity contribution in [2.45, 2.75) is 13.5 Å². The fourth-order valence-electron chi connectivity index (χ4n) is 4.25. The molecule has 1 fully saturated rings. The minimum atomic E-state index is -3.15. The Bertz CT molecular complexity index is 1450. The van der Waals surface area contributed by atoms with Crippen LogP contribution in [0.25, 0.3) is 22.2 Å². The molecule has 0 bridgehead atoms. The summed E-state index contributed by atoms with van der Waals surface area (Å²) in [4.78, 5) is 19.9. The first kappa shape index (κ1) is 23.1. The fraction of sp³-hybridized carbons (Fsp3) is 0.280. The molecule has 5 rings (SSSR count). The van der Waals surface area contributed by atoms with E-state index in [0.29, 0.717) is 32.7 Å². The van der Waals surface area contributed by atoms with Crippen molar-refractivity contribution < 1.29 is 8.42 Å². The lowest BCUT2D eigenvalue weighted by Crippen LogP contribution is -2.48. The summed E-state index contributed by atoms with van der Waals surface area (Å²) < 4.78 is 25.1. The summed E-state index contributed by atoms with van der Waals surface area (Å²) in [6.45, 7) is 4.83. The Balaban J connectivity index is 1.27.